The molecule has 1 aromatic rings. The molecular formula is C25H34N2O5. The van der Waals surface area contributed by atoms with Crippen molar-refractivity contribution in [2.24, 2.45) is 0 Å². The summed E-state index contributed by atoms with van der Waals surface area (Å²) in [6.45, 7) is 3.52. The monoisotopic (exact) mass is 442 g/mol. The highest BCUT2D eigenvalue weighted by molar-refractivity contribution is 5.81. The van der Waals surface area contributed by atoms with Crippen LogP contribution in [0.1, 0.15) is 63.4 Å². The molecule has 4 heterocycles. The molecule has 2 saturated heterocycles. The fourth-order valence-electron chi connectivity index (χ4n) is 6.21. The van der Waals surface area contributed by atoms with E-state index in [0.29, 0.717) is 45.0 Å². The van der Waals surface area contributed by atoms with Gasteiger partial charge < -0.3 is 24.4 Å². The van der Waals surface area contributed by atoms with Gasteiger partial charge in [0.15, 0.2) is 0 Å². The lowest BCUT2D eigenvalue weighted by atomic mass is 9.82. The maximum Gasteiger partial charge on any atom is 0.246 e. The molecule has 0 unspecified atom stereocenters. The van der Waals surface area contributed by atoms with Gasteiger partial charge in [-0.05, 0) is 63.0 Å². The predicted molar refractivity (Wildman–Crippen MR) is 119 cm³/mol. The first-order valence-corrected chi connectivity index (χ1v) is 12.1. The van der Waals surface area contributed by atoms with Crippen LogP contribution in [0, 0.1) is 0 Å². The molecule has 1 N–H and O–H groups in total. The third-order valence-corrected chi connectivity index (χ3v) is 7.69. The van der Waals surface area contributed by atoms with Gasteiger partial charge in [0, 0.05) is 12.5 Å². The summed E-state index contributed by atoms with van der Waals surface area (Å²) < 4.78 is 18.2. The second-order valence-corrected chi connectivity index (χ2v) is 9.86. The van der Waals surface area contributed by atoms with E-state index in [1.807, 2.05) is 17.0 Å². The van der Waals surface area contributed by atoms with Crippen LogP contribution in [-0.2, 0) is 19.1 Å². The first-order chi connectivity index (χ1) is 15.6. The van der Waals surface area contributed by atoms with E-state index in [0.717, 1.165) is 31.4 Å². The zero-order valence-electron chi connectivity index (χ0n) is 18.9. The van der Waals surface area contributed by atoms with E-state index in [1.54, 1.807) is 0 Å². The second-order valence-electron chi connectivity index (χ2n) is 9.86. The van der Waals surface area contributed by atoms with Crippen LogP contribution >= 0.6 is 0 Å². The first-order valence-electron chi connectivity index (χ1n) is 12.1. The maximum atomic E-state index is 13.3. The van der Waals surface area contributed by atoms with Gasteiger partial charge in [-0.1, -0.05) is 18.2 Å². The number of ether oxygens (including phenoxy) is 3. The van der Waals surface area contributed by atoms with Gasteiger partial charge in [0.1, 0.15) is 12.4 Å². The van der Waals surface area contributed by atoms with Crippen LogP contribution in [0.4, 0.5) is 0 Å². The molecule has 4 aliphatic heterocycles. The van der Waals surface area contributed by atoms with Gasteiger partial charge in [-0.2, -0.15) is 0 Å². The fraction of sp³-hybridized carbons (Fsp3) is 0.680. The summed E-state index contributed by atoms with van der Waals surface area (Å²) in [5.41, 5.74) is 0.713. The van der Waals surface area contributed by atoms with Gasteiger partial charge in [-0.25, -0.2) is 0 Å². The first kappa shape index (κ1) is 21.7. The Hall–Kier alpha value is -2.12. The Kier molecular flexibility index (Phi) is 6.12. The van der Waals surface area contributed by atoms with Crippen LogP contribution in [0.15, 0.2) is 24.3 Å². The quantitative estimate of drug-likeness (QED) is 0.669. The van der Waals surface area contributed by atoms with Gasteiger partial charge in [-0.3, -0.25) is 9.59 Å². The van der Waals surface area contributed by atoms with Crippen molar-refractivity contribution in [2.75, 3.05) is 26.4 Å². The molecule has 1 spiro atoms. The lowest BCUT2D eigenvalue weighted by Crippen LogP contribution is -2.65. The smallest absolute Gasteiger partial charge is 0.246 e. The topological polar surface area (TPSA) is 77.1 Å². The molecule has 6 rings (SSSR count). The Labute approximate surface area is 189 Å². The van der Waals surface area contributed by atoms with Gasteiger partial charge in [0.2, 0.25) is 11.8 Å². The van der Waals surface area contributed by atoms with E-state index in [9.17, 15) is 9.59 Å². The van der Waals surface area contributed by atoms with E-state index in [4.69, 9.17) is 14.2 Å². The van der Waals surface area contributed by atoms with Gasteiger partial charge in [0.05, 0.1) is 37.5 Å². The third kappa shape index (κ3) is 4.13. The molecule has 7 heteroatoms. The van der Waals surface area contributed by atoms with Crippen LogP contribution in [0.25, 0.3) is 0 Å². The minimum Gasteiger partial charge on any atom is -0.493 e. The minimum absolute atomic E-state index is 0.0196. The van der Waals surface area contributed by atoms with Crippen molar-refractivity contribution >= 4 is 11.8 Å². The summed E-state index contributed by atoms with van der Waals surface area (Å²) >= 11 is 0. The molecule has 1 aliphatic carbocycles. The number of carbonyl (C=O) groups excluding carboxylic acids is 2. The van der Waals surface area contributed by atoms with Crippen molar-refractivity contribution in [1.82, 2.24) is 10.2 Å². The lowest BCUT2D eigenvalue weighted by molar-refractivity contribution is -0.144. The molecule has 5 aliphatic rings. The Balaban J connectivity index is 1.40. The molecule has 1 saturated carbocycles. The Bertz CT molecular complexity index is 852. The predicted octanol–water partition coefficient (Wildman–Crippen LogP) is 2.78. The molecule has 0 aromatic heterocycles. The Morgan fingerprint density at radius 2 is 1.94 bits per heavy atom. The van der Waals surface area contributed by atoms with E-state index in [1.165, 1.54) is 5.56 Å². The Morgan fingerprint density at radius 3 is 2.75 bits per heavy atom. The van der Waals surface area contributed by atoms with Crippen molar-refractivity contribution in [3.05, 3.63) is 29.8 Å². The van der Waals surface area contributed by atoms with Crippen LogP contribution < -0.4 is 10.1 Å². The largest absolute Gasteiger partial charge is 0.493 e. The SMILES string of the molecule is C[C@@H]1C[C@@]2(COCC(=O)N2)[C@@H]2CO[C@H]3CC[C@H](CC3)c3ccccc3OCCCC(=O)N12. The van der Waals surface area contributed by atoms with E-state index < -0.39 is 5.54 Å². The van der Waals surface area contributed by atoms with Crippen molar-refractivity contribution in [3.8, 4) is 5.75 Å². The molecule has 32 heavy (non-hydrogen) atoms. The number of benzene rings is 1. The number of nitrogens with zero attached hydrogens (tertiary/aromatic N) is 1. The molecule has 174 valence electrons. The number of fused-ring (bicyclic) bond motifs is 7. The van der Waals surface area contributed by atoms with E-state index in [2.05, 4.69) is 24.4 Å². The van der Waals surface area contributed by atoms with Crippen LogP contribution in [0.5, 0.6) is 5.75 Å². The number of morpholine rings is 1. The number of rotatable bonds is 0. The van der Waals surface area contributed by atoms with Crippen molar-refractivity contribution in [2.45, 2.75) is 81.5 Å². The third-order valence-electron chi connectivity index (χ3n) is 7.69. The molecule has 7 nitrogen and oxygen atoms in total. The van der Waals surface area contributed by atoms with Gasteiger partial charge in [-0.15, -0.1) is 0 Å². The summed E-state index contributed by atoms with van der Waals surface area (Å²) in [5.74, 6) is 1.42. The van der Waals surface area contributed by atoms with Crippen molar-refractivity contribution in [1.29, 1.82) is 0 Å². The number of hydrogen-bond acceptors (Lipinski definition) is 5. The number of para-hydroxylation sites is 1. The number of amides is 2. The van der Waals surface area contributed by atoms with Gasteiger partial charge >= 0.3 is 0 Å². The van der Waals surface area contributed by atoms with Gasteiger partial charge in [0.25, 0.3) is 0 Å². The second kappa shape index (κ2) is 9.02. The highest BCUT2D eigenvalue weighted by Gasteiger charge is 2.55. The average molecular weight is 443 g/mol. The average Bonchev–Trinajstić information content (AvgIpc) is 3.04. The molecular weight excluding hydrogens is 408 g/mol. The molecule has 2 bridgehead atoms. The van der Waals surface area contributed by atoms with Crippen LogP contribution in [0.2, 0.25) is 0 Å². The summed E-state index contributed by atoms with van der Waals surface area (Å²) in [6, 6.07) is 8.13. The zero-order chi connectivity index (χ0) is 22.1. The highest BCUT2D eigenvalue weighted by Crippen LogP contribution is 2.40. The summed E-state index contributed by atoms with van der Waals surface area (Å²) in [4.78, 5) is 27.5. The molecule has 1 aromatic carbocycles. The number of nitrogens with one attached hydrogen (secondary N) is 1. The number of hydrogen-bond donors (Lipinski definition) is 1. The van der Waals surface area contributed by atoms with Crippen LogP contribution in [-0.4, -0.2) is 66.9 Å². The van der Waals surface area contributed by atoms with Crippen molar-refractivity contribution < 1.29 is 23.8 Å². The van der Waals surface area contributed by atoms with Crippen LogP contribution in [0.3, 0.4) is 0 Å². The molecule has 2 amide bonds. The van der Waals surface area contributed by atoms with Crippen molar-refractivity contribution in [3.63, 3.8) is 0 Å². The Morgan fingerprint density at radius 1 is 1.12 bits per heavy atom. The zero-order valence-corrected chi connectivity index (χ0v) is 18.9. The summed E-state index contributed by atoms with van der Waals surface area (Å²) in [6.07, 6.45) is 6.06. The lowest BCUT2D eigenvalue weighted by Gasteiger charge is -2.41. The van der Waals surface area contributed by atoms with E-state index >= 15 is 0 Å². The molecule has 0 radical (unpaired) electrons. The molecule has 3 fully saturated rings. The highest BCUT2D eigenvalue weighted by atomic mass is 16.5. The summed E-state index contributed by atoms with van der Waals surface area (Å²) in [7, 11) is 0. The fourth-order valence-corrected chi connectivity index (χ4v) is 6.21. The maximum absolute atomic E-state index is 13.3. The molecule has 3 atom stereocenters. The minimum atomic E-state index is -0.567. The normalized spacial score (nSPS) is 36.0. The number of carbonyl (C=O) groups is 2. The van der Waals surface area contributed by atoms with E-state index in [-0.39, 0.29) is 36.6 Å². The standard InChI is InChI=1S/C25H34N2O5/c1-17-13-25(16-30-15-23(28)26-25)22-14-32-19-10-8-18(9-11-19)20-5-2-3-6-21(20)31-12-4-7-24(29)27(17)22/h2-3,5-6,17-19,22H,4,7-16H2,1H3,(H,26,28)/t17-,18-,19+,22+,25-/m1/s1. The summed E-state index contributed by atoms with van der Waals surface area (Å²) in [5, 5.41) is 3.18.